The Morgan fingerprint density at radius 3 is 1.13 bits per heavy atom. The van der Waals surface area contributed by atoms with E-state index >= 15 is 0 Å². The molecule has 0 spiro atoms. The Morgan fingerprint density at radius 2 is 0.933 bits per heavy atom. The van der Waals surface area contributed by atoms with Gasteiger partial charge in [-0.25, -0.2) is 0 Å². The van der Waals surface area contributed by atoms with Gasteiger partial charge in [-0.1, -0.05) is 62.8 Å². The number of rotatable bonds is 0. The van der Waals surface area contributed by atoms with Crippen LogP contribution in [-0.4, -0.2) is 0 Å². The Hall–Kier alpha value is 0. The van der Waals surface area contributed by atoms with Gasteiger partial charge in [0.15, 0.2) is 0 Å². The van der Waals surface area contributed by atoms with Gasteiger partial charge in [0, 0.05) is 0 Å². The Kier molecular flexibility index (Phi) is 6.22. The summed E-state index contributed by atoms with van der Waals surface area (Å²) in [5.41, 5.74) is 1.02. The number of hydrogen-bond donors (Lipinski definition) is 0. The highest BCUT2D eigenvalue weighted by Gasteiger charge is 2.41. The summed E-state index contributed by atoms with van der Waals surface area (Å²) in [4.78, 5) is 0. The first kappa shape index (κ1) is 17.4. The fourth-order valence-electron chi connectivity index (χ4n) is 3.03. The molecule has 15 heavy (non-hydrogen) atoms. The summed E-state index contributed by atoms with van der Waals surface area (Å²) in [6.07, 6.45) is 4.35. The monoisotopic (exact) mass is 214 g/mol. The largest absolute Gasteiger partial charge is 0.0776 e. The van der Waals surface area contributed by atoms with E-state index in [0.29, 0.717) is 10.8 Å². The predicted molar refractivity (Wildman–Crippen MR) is 73.2 cm³/mol. The maximum absolute atomic E-state index is 2.40. The first-order chi connectivity index (χ1) is 5.73. The van der Waals surface area contributed by atoms with Crippen LogP contribution in [-0.2, 0) is 0 Å². The molecular weight excluding hydrogens is 180 g/mol. The highest BCUT2D eigenvalue weighted by atomic mass is 14.5. The predicted octanol–water partition coefficient (Wildman–Crippen LogP) is 5.77. The van der Waals surface area contributed by atoms with Crippen LogP contribution >= 0.6 is 0 Å². The molecule has 0 nitrogen and oxygen atoms in total. The van der Waals surface area contributed by atoms with Crippen molar-refractivity contribution in [2.24, 2.45) is 22.7 Å². The molecule has 2 unspecified atom stereocenters. The smallest absolute Gasteiger partial charge is 0.0332 e. The van der Waals surface area contributed by atoms with Crippen LogP contribution in [0.3, 0.4) is 0 Å². The molecule has 1 rings (SSSR count). The summed E-state index contributed by atoms with van der Waals surface area (Å²) in [5, 5.41) is 0. The molecule has 0 aromatic rings. The first-order valence-corrected chi connectivity index (χ1v) is 5.73. The summed E-state index contributed by atoms with van der Waals surface area (Å²) >= 11 is 0. The van der Waals surface area contributed by atoms with Gasteiger partial charge in [-0.05, 0) is 35.5 Å². The Morgan fingerprint density at radius 1 is 0.667 bits per heavy atom. The standard InChI is InChI=1S/C13H26.2CH4/c1-12(2,3)10-8-7-9-11(10)13(4,5)6;;/h10-11H,7-9H2,1-6H3;2*1H4. The lowest BCUT2D eigenvalue weighted by atomic mass is 9.66. The zero-order chi connectivity index (χ0) is 10.3. The van der Waals surface area contributed by atoms with Crippen molar-refractivity contribution in [3.05, 3.63) is 0 Å². The molecule has 0 aromatic heterocycles. The minimum atomic E-state index is 0. The molecule has 0 aromatic carbocycles. The zero-order valence-electron chi connectivity index (χ0n) is 10.3. The SMILES string of the molecule is C.C.CC(C)(C)C1CCCC1C(C)(C)C. The van der Waals surface area contributed by atoms with Crippen molar-refractivity contribution in [3.8, 4) is 0 Å². The van der Waals surface area contributed by atoms with Crippen molar-refractivity contribution in [2.75, 3.05) is 0 Å². The van der Waals surface area contributed by atoms with Crippen LogP contribution in [0.4, 0.5) is 0 Å². The van der Waals surface area contributed by atoms with Crippen LogP contribution in [0.25, 0.3) is 0 Å². The lowest BCUT2D eigenvalue weighted by Gasteiger charge is -2.39. The summed E-state index contributed by atoms with van der Waals surface area (Å²) in [6.45, 7) is 14.4. The molecule has 0 N–H and O–H groups in total. The third-order valence-electron chi connectivity index (χ3n) is 3.74. The summed E-state index contributed by atoms with van der Waals surface area (Å²) in [7, 11) is 0. The highest BCUT2D eigenvalue weighted by molar-refractivity contribution is 4.91. The molecule has 1 saturated carbocycles. The Labute approximate surface area is 98.9 Å². The zero-order valence-corrected chi connectivity index (χ0v) is 10.3. The molecular formula is C15H34. The molecule has 0 aliphatic heterocycles. The van der Waals surface area contributed by atoms with Gasteiger partial charge in [-0.3, -0.25) is 0 Å². The van der Waals surface area contributed by atoms with Crippen molar-refractivity contribution in [2.45, 2.75) is 75.7 Å². The lowest BCUT2D eigenvalue weighted by Crippen LogP contribution is -2.32. The molecule has 0 radical (unpaired) electrons. The van der Waals surface area contributed by atoms with E-state index < -0.39 is 0 Å². The van der Waals surface area contributed by atoms with Gasteiger partial charge < -0.3 is 0 Å². The number of hydrogen-bond acceptors (Lipinski definition) is 0. The third-order valence-corrected chi connectivity index (χ3v) is 3.74. The first-order valence-electron chi connectivity index (χ1n) is 5.73. The molecule has 1 aliphatic rings. The summed E-state index contributed by atoms with van der Waals surface area (Å²) in [5.74, 6) is 1.87. The van der Waals surface area contributed by atoms with Crippen LogP contribution in [0.5, 0.6) is 0 Å². The van der Waals surface area contributed by atoms with Crippen LogP contribution < -0.4 is 0 Å². The average molecular weight is 214 g/mol. The van der Waals surface area contributed by atoms with Crippen molar-refractivity contribution >= 4 is 0 Å². The van der Waals surface area contributed by atoms with Crippen molar-refractivity contribution in [1.82, 2.24) is 0 Å². The van der Waals surface area contributed by atoms with Crippen molar-refractivity contribution in [1.29, 1.82) is 0 Å². The van der Waals surface area contributed by atoms with Gasteiger partial charge in [0.2, 0.25) is 0 Å². The normalized spacial score (nSPS) is 26.8. The lowest BCUT2D eigenvalue weighted by molar-refractivity contribution is 0.0992. The molecule has 94 valence electrons. The highest BCUT2D eigenvalue weighted by Crippen LogP contribution is 2.50. The second kappa shape index (κ2) is 5.37. The topological polar surface area (TPSA) is 0 Å². The van der Waals surface area contributed by atoms with E-state index in [-0.39, 0.29) is 14.9 Å². The molecule has 2 atom stereocenters. The van der Waals surface area contributed by atoms with Crippen LogP contribution in [0.15, 0.2) is 0 Å². The Bertz CT molecular complexity index is 145. The average Bonchev–Trinajstić information content (AvgIpc) is 2.27. The van der Waals surface area contributed by atoms with Crippen molar-refractivity contribution in [3.63, 3.8) is 0 Å². The van der Waals surface area contributed by atoms with Gasteiger partial charge in [-0.2, -0.15) is 0 Å². The second-order valence-corrected chi connectivity index (χ2v) is 6.88. The molecule has 1 aliphatic carbocycles. The van der Waals surface area contributed by atoms with Crippen LogP contribution in [0.1, 0.15) is 75.7 Å². The maximum atomic E-state index is 2.40. The molecule has 0 saturated heterocycles. The van der Waals surface area contributed by atoms with Crippen molar-refractivity contribution < 1.29 is 0 Å². The van der Waals surface area contributed by atoms with E-state index in [1.165, 1.54) is 19.3 Å². The van der Waals surface area contributed by atoms with Crippen LogP contribution in [0, 0.1) is 22.7 Å². The van der Waals surface area contributed by atoms with E-state index in [1.54, 1.807) is 0 Å². The van der Waals surface area contributed by atoms with E-state index in [4.69, 9.17) is 0 Å². The molecule has 0 bridgehead atoms. The van der Waals surface area contributed by atoms with Gasteiger partial charge in [-0.15, -0.1) is 0 Å². The van der Waals surface area contributed by atoms with E-state index in [1.807, 2.05) is 0 Å². The molecule has 0 amide bonds. The fraction of sp³-hybridized carbons (Fsp3) is 1.00. The van der Waals surface area contributed by atoms with E-state index in [9.17, 15) is 0 Å². The van der Waals surface area contributed by atoms with Gasteiger partial charge >= 0.3 is 0 Å². The summed E-state index contributed by atoms with van der Waals surface area (Å²) < 4.78 is 0. The Balaban J connectivity index is 0. The molecule has 0 heterocycles. The summed E-state index contributed by atoms with van der Waals surface area (Å²) in [6, 6.07) is 0. The van der Waals surface area contributed by atoms with Crippen LogP contribution in [0.2, 0.25) is 0 Å². The minimum Gasteiger partial charge on any atom is -0.0776 e. The fourth-order valence-corrected chi connectivity index (χ4v) is 3.03. The third kappa shape index (κ3) is 4.17. The van der Waals surface area contributed by atoms with Gasteiger partial charge in [0.1, 0.15) is 0 Å². The quantitative estimate of drug-likeness (QED) is 0.480. The molecule has 1 fully saturated rings. The van der Waals surface area contributed by atoms with E-state index in [2.05, 4.69) is 41.5 Å². The second-order valence-electron chi connectivity index (χ2n) is 6.88. The van der Waals surface area contributed by atoms with Gasteiger partial charge in [0.25, 0.3) is 0 Å². The molecule has 0 heteroatoms. The maximum Gasteiger partial charge on any atom is -0.0332 e. The minimum absolute atomic E-state index is 0. The van der Waals surface area contributed by atoms with E-state index in [0.717, 1.165) is 11.8 Å². The van der Waals surface area contributed by atoms with Gasteiger partial charge in [0.05, 0.1) is 0 Å².